The number of ether oxygens (including phenoxy) is 1. The predicted octanol–water partition coefficient (Wildman–Crippen LogP) is 1.89. The van der Waals surface area contributed by atoms with E-state index < -0.39 is 0 Å². The molecule has 0 saturated carbocycles. The van der Waals surface area contributed by atoms with Crippen molar-refractivity contribution in [2.45, 2.75) is 26.3 Å². The molecular weight excluding hydrogens is 344 g/mol. The number of aryl methyl sites for hydroxylation is 1. The highest BCUT2D eigenvalue weighted by Crippen LogP contribution is 2.25. The molecule has 1 aliphatic rings. The molecule has 8 nitrogen and oxygen atoms in total. The first-order chi connectivity index (χ1) is 12.9. The van der Waals surface area contributed by atoms with Crippen molar-refractivity contribution in [2.75, 3.05) is 44.5 Å². The SMILES string of the molecule is COc1cccc(N[C@@H]2CCN(c3nc(C(=O)N(C)C)nc(C)c3C)C2)n1. The largest absolute Gasteiger partial charge is 0.481 e. The maximum Gasteiger partial charge on any atom is 0.291 e. The van der Waals surface area contributed by atoms with Gasteiger partial charge in [0.2, 0.25) is 11.7 Å². The monoisotopic (exact) mass is 370 g/mol. The molecule has 1 amide bonds. The van der Waals surface area contributed by atoms with Crippen molar-refractivity contribution < 1.29 is 9.53 Å². The molecule has 0 unspecified atom stereocenters. The second-order valence-corrected chi connectivity index (χ2v) is 6.92. The van der Waals surface area contributed by atoms with E-state index in [9.17, 15) is 4.79 Å². The van der Waals surface area contributed by atoms with Gasteiger partial charge >= 0.3 is 0 Å². The topological polar surface area (TPSA) is 83.5 Å². The summed E-state index contributed by atoms with van der Waals surface area (Å²) in [7, 11) is 5.02. The zero-order valence-electron chi connectivity index (χ0n) is 16.5. The maximum atomic E-state index is 12.3. The summed E-state index contributed by atoms with van der Waals surface area (Å²) >= 11 is 0. The number of methoxy groups -OCH3 is 1. The Kier molecular flexibility index (Phi) is 5.43. The van der Waals surface area contributed by atoms with Crippen molar-refractivity contribution in [2.24, 2.45) is 0 Å². The van der Waals surface area contributed by atoms with E-state index in [2.05, 4.69) is 25.2 Å². The molecule has 1 atom stereocenters. The van der Waals surface area contributed by atoms with E-state index in [0.717, 1.165) is 42.4 Å². The lowest BCUT2D eigenvalue weighted by molar-refractivity contribution is 0.0815. The number of nitrogens with one attached hydrogen (secondary N) is 1. The molecule has 2 aromatic rings. The third kappa shape index (κ3) is 4.10. The Labute approximate surface area is 159 Å². The highest BCUT2D eigenvalue weighted by Gasteiger charge is 2.27. The molecule has 0 spiro atoms. The minimum atomic E-state index is -0.186. The van der Waals surface area contributed by atoms with Gasteiger partial charge in [0.1, 0.15) is 11.6 Å². The van der Waals surface area contributed by atoms with Crippen LogP contribution in [0.1, 0.15) is 28.3 Å². The Morgan fingerprint density at radius 3 is 2.74 bits per heavy atom. The van der Waals surface area contributed by atoms with Crippen molar-refractivity contribution in [1.82, 2.24) is 19.9 Å². The molecule has 1 saturated heterocycles. The molecule has 3 heterocycles. The summed E-state index contributed by atoms with van der Waals surface area (Å²) in [5, 5.41) is 3.45. The van der Waals surface area contributed by atoms with E-state index in [4.69, 9.17) is 4.74 Å². The van der Waals surface area contributed by atoms with Gasteiger partial charge in [-0.2, -0.15) is 4.98 Å². The van der Waals surface area contributed by atoms with Crippen molar-refractivity contribution >= 4 is 17.5 Å². The van der Waals surface area contributed by atoms with Gasteiger partial charge in [-0.25, -0.2) is 9.97 Å². The number of amides is 1. The first kappa shape index (κ1) is 18.9. The molecule has 144 valence electrons. The fraction of sp³-hybridized carbons (Fsp3) is 0.474. The van der Waals surface area contributed by atoms with Gasteiger partial charge in [0, 0.05) is 50.6 Å². The van der Waals surface area contributed by atoms with Gasteiger partial charge in [-0.15, -0.1) is 0 Å². The third-order valence-corrected chi connectivity index (χ3v) is 4.73. The van der Waals surface area contributed by atoms with Gasteiger partial charge in [-0.05, 0) is 26.3 Å². The van der Waals surface area contributed by atoms with E-state index in [-0.39, 0.29) is 17.8 Å². The fourth-order valence-corrected chi connectivity index (χ4v) is 3.11. The van der Waals surface area contributed by atoms with E-state index in [0.29, 0.717) is 5.88 Å². The molecule has 2 aromatic heterocycles. The first-order valence-electron chi connectivity index (χ1n) is 8.98. The van der Waals surface area contributed by atoms with E-state index in [1.807, 2.05) is 32.0 Å². The molecule has 3 rings (SSSR count). The molecule has 0 bridgehead atoms. The third-order valence-electron chi connectivity index (χ3n) is 4.73. The predicted molar refractivity (Wildman–Crippen MR) is 105 cm³/mol. The van der Waals surface area contributed by atoms with Crippen LogP contribution in [-0.4, -0.2) is 66.1 Å². The molecule has 1 N–H and O–H groups in total. The van der Waals surface area contributed by atoms with Crippen molar-refractivity contribution in [1.29, 1.82) is 0 Å². The van der Waals surface area contributed by atoms with Crippen LogP contribution >= 0.6 is 0 Å². The quantitative estimate of drug-likeness (QED) is 0.860. The first-order valence-corrected chi connectivity index (χ1v) is 8.98. The van der Waals surface area contributed by atoms with Crippen LogP contribution in [0.15, 0.2) is 18.2 Å². The number of nitrogens with zero attached hydrogens (tertiary/aromatic N) is 5. The standard InChI is InChI=1S/C19H26N6O2/c1-12-13(2)20-17(19(26)24(3)4)23-18(12)25-10-9-14(11-25)21-15-7-6-8-16(22-15)27-5/h6-8,14H,9-11H2,1-5H3,(H,21,22)/t14-/m1/s1. The van der Waals surface area contributed by atoms with Crippen molar-refractivity contribution in [3.05, 3.63) is 35.3 Å². The number of hydrogen-bond acceptors (Lipinski definition) is 7. The van der Waals surface area contributed by atoms with Crippen LogP contribution in [0.4, 0.5) is 11.6 Å². The van der Waals surface area contributed by atoms with Crippen LogP contribution in [0, 0.1) is 13.8 Å². The average Bonchev–Trinajstić information content (AvgIpc) is 3.11. The fourth-order valence-electron chi connectivity index (χ4n) is 3.11. The van der Waals surface area contributed by atoms with Crippen LogP contribution in [0.2, 0.25) is 0 Å². The maximum absolute atomic E-state index is 12.3. The Morgan fingerprint density at radius 2 is 2.04 bits per heavy atom. The molecule has 0 radical (unpaired) electrons. The minimum absolute atomic E-state index is 0.186. The van der Waals surface area contributed by atoms with Gasteiger partial charge in [0.15, 0.2) is 0 Å². The summed E-state index contributed by atoms with van der Waals surface area (Å²) in [6.45, 7) is 5.55. The Morgan fingerprint density at radius 1 is 1.26 bits per heavy atom. The molecule has 1 fully saturated rings. The summed E-state index contributed by atoms with van der Waals surface area (Å²) in [5.74, 6) is 2.26. The number of anilines is 2. The van der Waals surface area contributed by atoms with Gasteiger partial charge in [0.25, 0.3) is 5.91 Å². The smallest absolute Gasteiger partial charge is 0.291 e. The molecule has 8 heteroatoms. The van der Waals surface area contributed by atoms with E-state index >= 15 is 0 Å². The van der Waals surface area contributed by atoms with Crippen LogP contribution in [0.25, 0.3) is 0 Å². The van der Waals surface area contributed by atoms with Crippen LogP contribution < -0.4 is 15.0 Å². The number of carbonyl (C=O) groups excluding carboxylic acids is 1. The lowest BCUT2D eigenvalue weighted by Gasteiger charge is -2.22. The number of pyridine rings is 1. The second-order valence-electron chi connectivity index (χ2n) is 6.92. The second kappa shape index (κ2) is 7.77. The highest BCUT2D eigenvalue weighted by atomic mass is 16.5. The highest BCUT2D eigenvalue weighted by molar-refractivity contribution is 5.90. The molecular formula is C19H26N6O2. The summed E-state index contributed by atoms with van der Waals surface area (Å²) in [5.41, 5.74) is 1.83. The van der Waals surface area contributed by atoms with Gasteiger partial charge in [0.05, 0.1) is 7.11 Å². The molecule has 1 aliphatic heterocycles. The number of rotatable bonds is 5. The normalized spacial score (nSPS) is 16.3. The van der Waals surface area contributed by atoms with Crippen molar-refractivity contribution in [3.63, 3.8) is 0 Å². The minimum Gasteiger partial charge on any atom is -0.481 e. The lowest BCUT2D eigenvalue weighted by Crippen LogP contribution is -2.30. The number of carbonyl (C=O) groups is 1. The Balaban J connectivity index is 1.77. The van der Waals surface area contributed by atoms with Crippen LogP contribution in [0.5, 0.6) is 5.88 Å². The van der Waals surface area contributed by atoms with E-state index in [1.165, 1.54) is 4.90 Å². The van der Waals surface area contributed by atoms with Gasteiger partial charge in [-0.3, -0.25) is 4.79 Å². The molecule has 0 aliphatic carbocycles. The Bertz CT molecular complexity index is 839. The summed E-state index contributed by atoms with van der Waals surface area (Å²) in [4.78, 5) is 29.3. The zero-order valence-corrected chi connectivity index (χ0v) is 16.5. The summed E-state index contributed by atoms with van der Waals surface area (Å²) in [6.07, 6.45) is 0.957. The van der Waals surface area contributed by atoms with Gasteiger partial charge < -0.3 is 19.9 Å². The molecule has 27 heavy (non-hydrogen) atoms. The van der Waals surface area contributed by atoms with Crippen LogP contribution in [-0.2, 0) is 0 Å². The summed E-state index contributed by atoms with van der Waals surface area (Å²) in [6, 6.07) is 5.91. The number of aromatic nitrogens is 3. The molecule has 0 aromatic carbocycles. The number of hydrogen-bond donors (Lipinski definition) is 1. The van der Waals surface area contributed by atoms with Gasteiger partial charge in [-0.1, -0.05) is 6.07 Å². The summed E-state index contributed by atoms with van der Waals surface area (Å²) < 4.78 is 5.18. The van der Waals surface area contributed by atoms with Crippen LogP contribution in [0.3, 0.4) is 0 Å². The Hall–Kier alpha value is -2.90. The lowest BCUT2D eigenvalue weighted by atomic mass is 10.2. The van der Waals surface area contributed by atoms with Crippen molar-refractivity contribution in [3.8, 4) is 5.88 Å². The zero-order chi connectivity index (χ0) is 19.6. The average molecular weight is 370 g/mol. The van der Waals surface area contributed by atoms with E-state index in [1.54, 1.807) is 21.2 Å².